The standard InChI is InChI=1S/C25H28ClN3O6S/c1-27(2)11-12-29-22(17-3-7-19(26)8-4-17)21(24(31)25(29)32)23(30)18-5-9-20(10-6-18)36(33,34)28-13-15-35-16-14-28/h3-10,22,30H,11-16H2,1-2H3/t22-/m0/s1. The van der Waals surface area contributed by atoms with Crippen LogP contribution in [0.1, 0.15) is 17.2 Å². The number of likely N-dealkylation sites (N-methyl/N-ethyl adjacent to an activating group) is 1. The van der Waals surface area contributed by atoms with Gasteiger partial charge in [-0.25, -0.2) is 8.42 Å². The molecular weight excluding hydrogens is 506 g/mol. The molecule has 0 bridgehead atoms. The van der Waals surface area contributed by atoms with Crippen LogP contribution >= 0.6 is 11.6 Å². The van der Waals surface area contributed by atoms with Gasteiger partial charge in [0.2, 0.25) is 10.0 Å². The number of nitrogens with zero attached hydrogens (tertiary/aromatic N) is 3. The number of ketones is 1. The molecule has 11 heteroatoms. The van der Waals surface area contributed by atoms with Crippen molar-refractivity contribution in [3.05, 3.63) is 70.3 Å². The molecule has 4 rings (SSSR count). The zero-order chi connectivity index (χ0) is 26.0. The van der Waals surface area contributed by atoms with Crippen LogP contribution in [-0.4, -0.2) is 92.8 Å². The van der Waals surface area contributed by atoms with Crippen molar-refractivity contribution >= 4 is 39.1 Å². The average Bonchev–Trinajstić information content (AvgIpc) is 3.13. The predicted molar refractivity (Wildman–Crippen MR) is 135 cm³/mol. The highest BCUT2D eigenvalue weighted by atomic mass is 35.5. The molecule has 0 spiro atoms. The van der Waals surface area contributed by atoms with E-state index in [4.69, 9.17) is 16.3 Å². The van der Waals surface area contributed by atoms with Crippen LogP contribution in [0.15, 0.2) is 59.0 Å². The molecule has 2 aliphatic rings. The highest BCUT2D eigenvalue weighted by molar-refractivity contribution is 7.89. The fourth-order valence-corrected chi connectivity index (χ4v) is 5.82. The number of sulfonamides is 1. The van der Waals surface area contributed by atoms with E-state index in [1.807, 2.05) is 19.0 Å². The maximum Gasteiger partial charge on any atom is 0.295 e. The van der Waals surface area contributed by atoms with Crippen molar-refractivity contribution in [1.29, 1.82) is 0 Å². The number of benzene rings is 2. The van der Waals surface area contributed by atoms with Crippen LogP contribution < -0.4 is 0 Å². The number of morpholine rings is 1. The first kappa shape index (κ1) is 26.3. The Morgan fingerprint density at radius 1 is 1.06 bits per heavy atom. The molecule has 1 atom stereocenters. The number of aliphatic hydroxyl groups is 1. The first-order valence-corrected chi connectivity index (χ1v) is 13.3. The number of hydrogen-bond acceptors (Lipinski definition) is 7. The summed E-state index contributed by atoms with van der Waals surface area (Å²) in [5.74, 6) is -1.86. The van der Waals surface area contributed by atoms with Crippen molar-refractivity contribution in [2.24, 2.45) is 0 Å². The van der Waals surface area contributed by atoms with Gasteiger partial charge in [-0.3, -0.25) is 9.59 Å². The van der Waals surface area contributed by atoms with Gasteiger partial charge in [0.15, 0.2) is 0 Å². The topological polar surface area (TPSA) is 107 Å². The number of halogens is 1. The fraction of sp³-hybridized carbons (Fsp3) is 0.360. The molecular formula is C25H28ClN3O6S. The number of likely N-dealkylation sites (tertiary alicyclic amines) is 1. The predicted octanol–water partition coefficient (Wildman–Crippen LogP) is 2.34. The van der Waals surface area contributed by atoms with Crippen molar-refractivity contribution in [2.75, 3.05) is 53.5 Å². The second-order valence-corrected chi connectivity index (χ2v) is 11.3. The van der Waals surface area contributed by atoms with E-state index in [0.717, 1.165) is 0 Å². The number of carbonyl (C=O) groups is 2. The molecule has 192 valence electrons. The Balaban J connectivity index is 1.73. The first-order chi connectivity index (χ1) is 17.1. The Labute approximate surface area is 215 Å². The van der Waals surface area contributed by atoms with Gasteiger partial charge in [0, 0.05) is 36.8 Å². The SMILES string of the molecule is CN(C)CCN1C(=O)C(=O)C(=C(O)c2ccc(S(=O)(=O)N3CCOCC3)cc2)[C@@H]1c1ccc(Cl)cc1. The summed E-state index contributed by atoms with van der Waals surface area (Å²) in [7, 11) is 0.00704. The summed E-state index contributed by atoms with van der Waals surface area (Å²) in [4.78, 5) is 29.5. The summed E-state index contributed by atoms with van der Waals surface area (Å²) in [5, 5.41) is 11.7. The monoisotopic (exact) mass is 533 g/mol. The molecule has 9 nitrogen and oxygen atoms in total. The van der Waals surface area contributed by atoms with Crippen LogP contribution in [-0.2, 0) is 24.3 Å². The smallest absolute Gasteiger partial charge is 0.295 e. The van der Waals surface area contributed by atoms with E-state index in [1.165, 1.54) is 33.5 Å². The molecule has 2 aliphatic heterocycles. The molecule has 0 saturated carbocycles. The van der Waals surface area contributed by atoms with E-state index < -0.39 is 27.8 Å². The van der Waals surface area contributed by atoms with Gasteiger partial charge in [-0.1, -0.05) is 23.7 Å². The van der Waals surface area contributed by atoms with Crippen molar-refractivity contribution in [1.82, 2.24) is 14.1 Å². The summed E-state index contributed by atoms with van der Waals surface area (Å²) in [5.41, 5.74) is 0.816. The van der Waals surface area contributed by atoms with Gasteiger partial charge in [-0.2, -0.15) is 4.31 Å². The van der Waals surface area contributed by atoms with Crippen LogP contribution in [0.25, 0.3) is 5.76 Å². The third-order valence-electron chi connectivity index (χ3n) is 6.25. The largest absolute Gasteiger partial charge is 0.507 e. The fourth-order valence-electron chi connectivity index (χ4n) is 4.29. The van der Waals surface area contributed by atoms with Crippen LogP contribution in [0.4, 0.5) is 0 Å². The van der Waals surface area contributed by atoms with Gasteiger partial charge < -0.3 is 19.6 Å². The molecule has 2 aromatic carbocycles. The van der Waals surface area contributed by atoms with E-state index in [-0.39, 0.29) is 41.4 Å². The Morgan fingerprint density at radius 2 is 1.67 bits per heavy atom. The third kappa shape index (κ3) is 5.18. The molecule has 2 fully saturated rings. The maximum atomic E-state index is 13.1. The second kappa shape index (κ2) is 10.7. The van der Waals surface area contributed by atoms with Gasteiger partial charge in [0.25, 0.3) is 11.7 Å². The van der Waals surface area contributed by atoms with E-state index in [9.17, 15) is 23.1 Å². The van der Waals surface area contributed by atoms with E-state index in [0.29, 0.717) is 30.3 Å². The van der Waals surface area contributed by atoms with E-state index in [1.54, 1.807) is 24.3 Å². The lowest BCUT2D eigenvalue weighted by molar-refractivity contribution is -0.140. The molecule has 2 saturated heterocycles. The van der Waals surface area contributed by atoms with Gasteiger partial charge in [-0.15, -0.1) is 0 Å². The number of hydrogen-bond donors (Lipinski definition) is 1. The molecule has 0 unspecified atom stereocenters. The molecule has 2 aromatic rings. The number of aliphatic hydroxyl groups excluding tert-OH is 1. The minimum absolute atomic E-state index is 0.0511. The normalized spacial score (nSPS) is 20.9. The summed E-state index contributed by atoms with van der Waals surface area (Å²) < 4.78 is 32.4. The molecule has 36 heavy (non-hydrogen) atoms. The Kier molecular flexibility index (Phi) is 7.82. The Bertz CT molecular complexity index is 1270. The highest BCUT2D eigenvalue weighted by Crippen LogP contribution is 2.39. The molecule has 2 heterocycles. The van der Waals surface area contributed by atoms with Crippen molar-refractivity contribution in [2.45, 2.75) is 10.9 Å². The third-order valence-corrected chi connectivity index (χ3v) is 8.41. The molecule has 0 radical (unpaired) electrons. The minimum atomic E-state index is -3.72. The van der Waals surface area contributed by atoms with Crippen LogP contribution in [0.5, 0.6) is 0 Å². The summed E-state index contributed by atoms with van der Waals surface area (Å²) in [6.45, 7) is 1.99. The molecule has 0 aliphatic carbocycles. The van der Waals surface area contributed by atoms with Gasteiger partial charge in [-0.05, 0) is 56.1 Å². The first-order valence-electron chi connectivity index (χ1n) is 11.5. The number of ether oxygens (including phenoxy) is 1. The quantitative estimate of drug-likeness (QED) is 0.331. The van der Waals surface area contributed by atoms with Crippen LogP contribution in [0.2, 0.25) is 5.02 Å². The van der Waals surface area contributed by atoms with Crippen LogP contribution in [0, 0.1) is 0 Å². The number of carbonyl (C=O) groups excluding carboxylic acids is 2. The lowest BCUT2D eigenvalue weighted by Crippen LogP contribution is -2.40. The summed E-state index contributed by atoms with van der Waals surface area (Å²) >= 11 is 6.04. The number of amides is 1. The van der Waals surface area contributed by atoms with Crippen LogP contribution in [0.3, 0.4) is 0 Å². The van der Waals surface area contributed by atoms with Crippen molar-refractivity contribution in [3.8, 4) is 0 Å². The van der Waals surface area contributed by atoms with E-state index in [2.05, 4.69) is 0 Å². The lowest BCUT2D eigenvalue weighted by atomic mass is 9.95. The lowest BCUT2D eigenvalue weighted by Gasteiger charge is -2.27. The van der Waals surface area contributed by atoms with Gasteiger partial charge in [0.1, 0.15) is 5.76 Å². The second-order valence-electron chi connectivity index (χ2n) is 8.89. The maximum absolute atomic E-state index is 13.1. The Morgan fingerprint density at radius 3 is 2.25 bits per heavy atom. The molecule has 0 aromatic heterocycles. The van der Waals surface area contributed by atoms with Crippen molar-refractivity contribution < 1.29 is 27.9 Å². The zero-order valence-corrected chi connectivity index (χ0v) is 21.6. The molecule has 1 N–H and O–H groups in total. The minimum Gasteiger partial charge on any atom is -0.507 e. The van der Waals surface area contributed by atoms with E-state index >= 15 is 0 Å². The molecule has 1 amide bonds. The average molecular weight is 534 g/mol. The zero-order valence-electron chi connectivity index (χ0n) is 20.1. The number of Topliss-reactive ketones (excluding diaryl/α,β-unsaturated/α-hetero) is 1. The van der Waals surface area contributed by atoms with Gasteiger partial charge >= 0.3 is 0 Å². The summed E-state index contributed by atoms with van der Waals surface area (Å²) in [6.07, 6.45) is 0. The van der Waals surface area contributed by atoms with Crippen molar-refractivity contribution in [3.63, 3.8) is 0 Å². The highest BCUT2D eigenvalue weighted by Gasteiger charge is 2.45. The Hall–Kier alpha value is -2.76. The van der Waals surface area contributed by atoms with Gasteiger partial charge in [0.05, 0.1) is 29.7 Å². The summed E-state index contributed by atoms with van der Waals surface area (Å²) in [6, 6.07) is 11.6. The number of rotatable bonds is 7.